The van der Waals surface area contributed by atoms with Gasteiger partial charge < -0.3 is 10.6 Å². The maximum absolute atomic E-state index is 12.1. The Morgan fingerprint density at radius 3 is 2.15 bits per heavy atom. The second-order valence-corrected chi connectivity index (χ2v) is 8.22. The zero-order chi connectivity index (χ0) is 13.7. The van der Waals surface area contributed by atoms with Crippen LogP contribution in [0.15, 0.2) is 0 Å². The maximum atomic E-state index is 12.1. The van der Waals surface area contributed by atoms with Gasteiger partial charge in [-0.3, -0.25) is 4.79 Å². The van der Waals surface area contributed by atoms with Gasteiger partial charge in [0.2, 0.25) is 5.91 Å². The predicted molar refractivity (Wildman–Crippen MR) is 79.2 cm³/mol. The highest BCUT2D eigenvalue weighted by Gasteiger charge is 2.53. The first-order chi connectivity index (χ1) is 9.63. The van der Waals surface area contributed by atoms with Crippen LogP contribution in [0.1, 0.15) is 58.3 Å². The minimum atomic E-state index is 0.208. The first kappa shape index (κ1) is 13.1. The average molecular weight is 276 g/mol. The van der Waals surface area contributed by atoms with E-state index >= 15 is 0 Å². The van der Waals surface area contributed by atoms with Crippen LogP contribution < -0.4 is 10.6 Å². The molecule has 5 saturated carbocycles. The molecule has 5 aliphatic carbocycles. The molecule has 3 nitrogen and oxygen atoms in total. The lowest BCUT2D eigenvalue weighted by molar-refractivity contribution is -0.125. The summed E-state index contributed by atoms with van der Waals surface area (Å²) in [6.45, 7) is 2.78. The molecule has 0 radical (unpaired) electrons. The van der Waals surface area contributed by atoms with Gasteiger partial charge >= 0.3 is 0 Å². The van der Waals surface area contributed by atoms with Gasteiger partial charge in [-0.25, -0.2) is 0 Å². The van der Waals surface area contributed by atoms with E-state index in [1.807, 2.05) is 0 Å². The SMILES string of the molecule is CC(NC(=O)CNC1CC1)C12CC3CC(CC(C3)C1)C2. The van der Waals surface area contributed by atoms with Crippen LogP contribution in [0.3, 0.4) is 0 Å². The second kappa shape index (κ2) is 4.72. The zero-order valence-corrected chi connectivity index (χ0v) is 12.7. The average Bonchev–Trinajstić information content (AvgIpc) is 3.18. The Morgan fingerprint density at radius 1 is 1.10 bits per heavy atom. The van der Waals surface area contributed by atoms with Crippen LogP contribution in [-0.2, 0) is 4.79 Å². The third-order valence-corrected chi connectivity index (χ3v) is 6.51. The number of amides is 1. The van der Waals surface area contributed by atoms with Crippen LogP contribution in [0.25, 0.3) is 0 Å². The summed E-state index contributed by atoms with van der Waals surface area (Å²) in [5.74, 6) is 3.10. The maximum Gasteiger partial charge on any atom is 0.234 e. The number of hydrogen-bond donors (Lipinski definition) is 2. The van der Waals surface area contributed by atoms with E-state index < -0.39 is 0 Å². The summed E-state index contributed by atoms with van der Waals surface area (Å²) in [6, 6.07) is 0.986. The molecule has 0 saturated heterocycles. The van der Waals surface area contributed by atoms with Crippen molar-refractivity contribution in [2.24, 2.45) is 23.2 Å². The standard InChI is InChI=1S/C17H28N2O/c1-11(19-16(20)10-18-15-2-3-15)17-7-12-4-13(8-17)6-14(5-12)9-17/h11-15,18H,2-10H2,1H3,(H,19,20). The topological polar surface area (TPSA) is 41.1 Å². The summed E-state index contributed by atoms with van der Waals surface area (Å²) in [4.78, 5) is 12.1. The molecule has 0 aromatic rings. The molecule has 0 aromatic heterocycles. The smallest absolute Gasteiger partial charge is 0.234 e. The molecule has 5 rings (SSSR count). The van der Waals surface area contributed by atoms with Crippen LogP contribution in [0.4, 0.5) is 0 Å². The van der Waals surface area contributed by atoms with Crippen LogP contribution >= 0.6 is 0 Å². The van der Waals surface area contributed by atoms with Gasteiger partial charge in [0, 0.05) is 12.1 Å². The van der Waals surface area contributed by atoms with Gasteiger partial charge in [-0.05, 0) is 81.5 Å². The molecule has 2 N–H and O–H groups in total. The van der Waals surface area contributed by atoms with Gasteiger partial charge in [0.25, 0.3) is 0 Å². The van der Waals surface area contributed by atoms with E-state index in [0.717, 1.165) is 17.8 Å². The monoisotopic (exact) mass is 276 g/mol. The summed E-state index contributed by atoms with van der Waals surface area (Å²) in [7, 11) is 0. The predicted octanol–water partition coefficient (Wildman–Crippen LogP) is 2.46. The minimum Gasteiger partial charge on any atom is -0.352 e. The number of carbonyl (C=O) groups excluding carboxylic acids is 1. The highest BCUT2D eigenvalue weighted by molar-refractivity contribution is 5.78. The Morgan fingerprint density at radius 2 is 1.65 bits per heavy atom. The first-order valence-electron chi connectivity index (χ1n) is 8.66. The number of nitrogens with one attached hydrogen (secondary N) is 2. The van der Waals surface area contributed by atoms with Crippen molar-refractivity contribution in [3.63, 3.8) is 0 Å². The Hall–Kier alpha value is -0.570. The molecule has 112 valence electrons. The number of hydrogen-bond acceptors (Lipinski definition) is 2. The highest BCUT2D eigenvalue weighted by Crippen LogP contribution is 2.61. The van der Waals surface area contributed by atoms with Crippen molar-refractivity contribution < 1.29 is 4.79 Å². The minimum absolute atomic E-state index is 0.208. The van der Waals surface area contributed by atoms with Crippen molar-refractivity contribution >= 4 is 5.91 Å². The van der Waals surface area contributed by atoms with E-state index in [2.05, 4.69) is 17.6 Å². The lowest BCUT2D eigenvalue weighted by Crippen LogP contribution is -2.56. The Balaban J connectivity index is 1.37. The molecule has 0 aliphatic heterocycles. The molecule has 1 unspecified atom stereocenters. The Kier molecular flexibility index (Phi) is 3.10. The molecule has 0 heterocycles. The van der Waals surface area contributed by atoms with E-state index in [4.69, 9.17) is 0 Å². The number of rotatable bonds is 5. The molecule has 0 aromatic carbocycles. The highest BCUT2D eigenvalue weighted by atomic mass is 16.2. The van der Waals surface area contributed by atoms with Crippen LogP contribution in [-0.4, -0.2) is 24.5 Å². The summed E-state index contributed by atoms with van der Waals surface area (Å²) in [6.07, 6.45) is 11.0. The second-order valence-electron chi connectivity index (χ2n) is 8.22. The quantitative estimate of drug-likeness (QED) is 0.810. The van der Waals surface area contributed by atoms with E-state index in [1.165, 1.54) is 51.4 Å². The van der Waals surface area contributed by atoms with Gasteiger partial charge in [0.05, 0.1) is 6.54 Å². The Labute approximate surface area is 122 Å². The molecular formula is C17H28N2O. The third kappa shape index (κ3) is 2.38. The molecule has 0 spiro atoms. The summed E-state index contributed by atoms with van der Waals surface area (Å²) >= 11 is 0. The molecule has 3 heteroatoms. The van der Waals surface area contributed by atoms with Gasteiger partial charge in [-0.2, -0.15) is 0 Å². The van der Waals surface area contributed by atoms with Gasteiger partial charge in [-0.1, -0.05) is 0 Å². The summed E-state index contributed by atoms with van der Waals surface area (Å²) in [5.41, 5.74) is 0.435. The van der Waals surface area contributed by atoms with Crippen LogP contribution in [0.5, 0.6) is 0 Å². The van der Waals surface area contributed by atoms with Crippen molar-refractivity contribution in [1.82, 2.24) is 10.6 Å². The molecule has 5 fully saturated rings. The van der Waals surface area contributed by atoms with Crippen LogP contribution in [0.2, 0.25) is 0 Å². The van der Waals surface area contributed by atoms with Crippen molar-refractivity contribution in [1.29, 1.82) is 0 Å². The molecular weight excluding hydrogens is 248 g/mol. The van der Waals surface area contributed by atoms with E-state index in [9.17, 15) is 4.79 Å². The lowest BCUT2D eigenvalue weighted by Gasteiger charge is -2.59. The fourth-order valence-electron chi connectivity index (χ4n) is 5.68. The normalized spacial score (nSPS) is 43.5. The zero-order valence-electron chi connectivity index (χ0n) is 12.7. The fourth-order valence-corrected chi connectivity index (χ4v) is 5.68. The van der Waals surface area contributed by atoms with Crippen molar-refractivity contribution in [3.05, 3.63) is 0 Å². The van der Waals surface area contributed by atoms with Crippen LogP contribution in [0, 0.1) is 23.2 Å². The van der Waals surface area contributed by atoms with Gasteiger partial charge in [0.15, 0.2) is 0 Å². The van der Waals surface area contributed by atoms with E-state index in [1.54, 1.807) is 0 Å². The van der Waals surface area contributed by atoms with Gasteiger partial charge in [0.1, 0.15) is 0 Å². The Bertz CT molecular complexity index is 367. The molecule has 20 heavy (non-hydrogen) atoms. The molecule has 5 aliphatic rings. The summed E-state index contributed by atoms with van der Waals surface area (Å²) < 4.78 is 0. The van der Waals surface area contributed by atoms with Crippen molar-refractivity contribution in [2.45, 2.75) is 70.4 Å². The molecule has 4 bridgehead atoms. The molecule has 1 amide bonds. The molecule has 1 atom stereocenters. The van der Waals surface area contributed by atoms with Crippen molar-refractivity contribution in [3.8, 4) is 0 Å². The third-order valence-electron chi connectivity index (χ3n) is 6.51. The summed E-state index contributed by atoms with van der Waals surface area (Å²) in [5, 5.41) is 6.64. The fraction of sp³-hybridized carbons (Fsp3) is 0.941. The van der Waals surface area contributed by atoms with E-state index in [0.29, 0.717) is 24.0 Å². The number of carbonyl (C=O) groups is 1. The largest absolute Gasteiger partial charge is 0.352 e. The van der Waals surface area contributed by atoms with Gasteiger partial charge in [-0.15, -0.1) is 0 Å². The lowest BCUT2D eigenvalue weighted by atomic mass is 9.48. The van der Waals surface area contributed by atoms with E-state index in [-0.39, 0.29) is 5.91 Å². The first-order valence-corrected chi connectivity index (χ1v) is 8.66. The van der Waals surface area contributed by atoms with Crippen molar-refractivity contribution in [2.75, 3.05) is 6.54 Å².